The molecule has 2 heterocycles. The molecule has 0 radical (unpaired) electrons. The summed E-state index contributed by atoms with van der Waals surface area (Å²) in [6.07, 6.45) is 5.17. The lowest BCUT2D eigenvalue weighted by atomic mass is 10.2. The second-order valence-corrected chi connectivity index (χ2v) is 6.03. The standard InChI is InChI=1S/C15H24N2O2/c1-11-7-17(8-12(2)19-11)9-15-5-13(10-18-15)6-16-14-3-4-14/h5,10-12,14,16H,3-4,6-9H2,1-2H3. The van der Waals surface area contributed by atoms with Gasteiger partial charge in [0.1, 0.15) is 5.76 Å². The predicted molar refractivity (Wildman–Crippen MR) is 73.9 cm³/mol. The SMILES string of the molecule is CC1CN(Cc2cc(CNC3CC3)co2)CC(C)O1. The summed E-state index contributed by atoms with van der Waals surface area (Å²) in [5.41, 5.74) is 1.26. The number of morpholine rings is 1. The molecule has 1 aromatic heterocycles. The van der Waals surface area contributed by atoms with Crippen LogP contribution in [0.3, 0.4) is 0 Å². The van der Waals surface area contributed by atoms with Gasteiger partial charge in [-0.1, -0.05) is 0 Å². The Hall–Kier alpha value is -0.840. The lowest BCUT2D eigenvalue weighted by Gasteiger charge is -2.34. The van der Waals surface area contributed by atoms with Crippen LogP contribution in [0.5, 0.6) is 0 Å². The van der Waals surface area contributed by atoms with Gasteiger partial charge in [-0.2, -0.15) is 0 Å². The maximum atomic E-state index is 5.75. The Morgan fingerprint density at radius 3 is 2.68 bits per heavy atom. The second-order valence-electron chi connectivity index (χ2n) is 6.03. The minimum Gasteiger partial charge on any atom is -0.468 e. The summed E-state index contributed by atoms with van der Waals surface area (Å²) < 4.78 is 11.4. The molecule has 2 unspecified atom stereocenters. The highest BCUT2D eigenvalue weighted by atomic mass is 16.5. The van der Waals surface area contributed by atoms with E-state index in [4.69, 9.17) is 9.15 Å². The van der Waals surface area contributed by atoms with Gasteiger partial charge in [0, 0.05) is 31.2 Å². The molecule has 4 nitrogen and oxygen atoms in total. The number of nitrogens with zero attached hydrogens (tertiary/aromatic N) is 1. The van der Waals surface area contributed by atoms with Crippen LogP contribution in [0.1, 0.15) is 38.0 Å². The average molecular weight is 264 g/mol. The number of hydrogen-bond acceptors (Lipinski definition) is 4. The van der Waals surface area contributed by atoms with Gasteiger partial charge < -0.3 is 14.5 Å². The van der Waals surface area contributed by atoms with Crippen LogP contribution in [0.25, 0.3) is 0 Å². The molecule has 2 fully saturated rings. The van der Waals surface area contributed by atoms with Gasteiger partial charge in [0.05, 0.1) is 25.0 Å². The van der Waals surface area contributed by atoms with Gasteiger partial charge in [0.2, 0.25) is 0 Å². The molecule has 0 spiro atoms. The fraction of sp³-hybridized carbons (Fsp3) is 0.733. The van der Waals surface area contributed by atoms with Crippen molar-refractivity contribution in [1.82, 2.24) is 10.2 Å². The van der Waals surface area contributed by atoms with Crippen molar-refractivity contribution in [3.05, 3.63) is 23.7 Å². The van der Waals surface area contributed by atoms with E-state index in [0.717, 1.165) is 38.0 Å². The molecule has 106 valence electrons. The average Bonchev–Trinajstić information content (AvgIpc) is 3.06. The normalized spacial score (nSPS) is 28.7. The molecule has 1 saturated heterocycles. The van der Waals surface area contributed by atoms with E-state index in [9.17, 15) is 0 Å². The van der Waals surface area contributed by atoms with E-state index in [2.05, 4.69) is 30.1 Å². The van der Waals surface area contributed by atoms with Crippen LogP contribution < -0.4 is 5.32 Å². The minimum atomic E-state index is 0.315. The Morgan fingerprint density at radius 2 is 2.00 bits per heavy atom. The molecule has 1 aromatic rings. The van der Waals surface area contributed by atoms with Gasteiger partial charge in [0.15, 0.2) is 0 Å². The number of furan rings is 1. The molecule has 3 rings (SSSR count). The van der Waals surface area contributed by atoms with Crippen molar-refractivity contribution in [2.45, 2.75) is 58.0 Å². The van der Waals surface area contributed by atoms with E-state index in [0.29, 0.717) is 12.2 Å². The zero-order valence-electron chi connectivity index (χ0n) is 11.9. The van der Waals surface area contributed by atoms with E-state index in [1.54, 1.807) is 0 Å². The van der Waals surface area contributed by atoms with Crippen molar-refractivity contribution >= 4 is 0 Å². The van der Waals surface area contributed by atoms with Crippen LogP contribution in [-0.4, -0.2) is 36.2 Å². The Bertz CT molecular complexity index is 404. The summed E-state index contributed by atoms with van der Waals surface area (Å²) in [7, 11) is 0. The lowest BCUT2D eigenvalue weighted by Crippen LogP contribution is -2.44. The minimum absolute atomic E-state index is 0.315. The van der Waals surface area contributed by atoms with Crippen LogP contribution in [-0.2, 0) is 17.8 Å². The molecule has 2 aliphatic rings. The maximum absolute atomic E-state index is 5.75. The number of ether oxygens (including phenoxy) is 1. The quantitative estimate of drug-likeness (QED) is 0.884. The third kappa shape index (κ3) is 3.81. The number of rotatable bonds is 5. The second kappa shape index (κ2) is 5.65. The highest BCUT2D eigenvalue weighted by molar-refractivity contribution is 5.13. The zero-order chi connectivity index (χ0) is 13.2. The number of hydrogen-bond donors (Lipinski definition) is 1. The topological polar surface area (TPSA) is 37.6 Å². The van der Waals surface area contributed by atoms with Crippen LogP contribution in [0, 0.1) is 0 Å². The van der Waals surface area contributed by atoms with Crippen LogP contribution in [0.2, 0.25) is 0 Å². The highest BCUT2D eigenvalue weighted by Gasteiger charge is 2.23. The summed E-state index contributed by atoms with van der Waals surface area (Å²) in [5, 5.41) is 3.51. The molecule has 19 heavy (non-hydrogen) atoms. The van der Waals surface area contributed by atoms with Gasteiger partial charge in [-0.05, 0) is 32.8 Å². The van der Waals surface area contributed by atoms with Crippen molar-refractivity contribution in [1.29, 1.82) is 0 Å². The molecular weight excluding hydrogens is 240 g/mol. The van der Waals surface area contributed by atoms with Crippen LogP contribution >= 0.6 is 0 Å². The molecule has 1 aliphatic heterocycles. The molecular formula is C15H24N2O2. The van der Waals surface area contributed by atoms with Crippen molar-refractivity contribution < 1.29 is 9.15 Å². The van der Waals surface area contributed by atoms with Gasteiger partial charge in [-0.3, -0.25) is 4.90 Å². The molecule has 1 N–H and O–H groups in total. The van der Waals surface area contributed by atoms with Crippen molar-refractivity contribution in [2.24, 2.45) is 0 Å². The summed E-state index contributed by atoms with van der Waals surface area (Å²) in [4.78, 5) is 2.41. The molecule has 0 amide bonds. The van der Waals surface area contributed by atoms with Crippen molar-refractivity contribution in [2.75, 3.05) is 13.1 Å². The Morgan fingerprint density at radius 1 is 1.26 bits per heavy atom. The van der Waals surface area contributed by atoms with Gasteiger partial charge in [-0.15, -0.1) is 0 Å². The van der Waals surface area contributed by atoms with E-state index >= 15 is 0 Å². The van der Waals surface area contributed by atoms with E-state index < -0.39 is 0 Å². The van der Waals surface area contributed by atoms with Gasteiger partial charge in [0.25, 0.3) is 0 Å². The van der Waals surface area contributed by atoms with Crippen LogP contribution in [0.4, 0.5) is 0 Å². The molecule has 4 heteroatoms. The maximum Gasteiger partial charge on any atom is 0.118 e. The molecule has 1 aliphatic carbocycles. The predicted octanol–water partition coefficient (Wildman–Crippen LogP) is 2.14. The third-order valence-corrected chi connectivity index (χ3v) is 3.75. The highest BCUT2D eigenvalue weighted by Crippen LogP contribution is 2.20. The summed E-state index contributed by atoms with van der Waals surface area (Å²) in [6, 6.07) is 2.93. The first-order chi connectivity index (χ1) is 9.19. The zero-order valence-corrected chi connectivity index (χ0v) is 11.9. The number of nitrogens with one attached hydrogen (secondary N) is 1. The van der Waals surface area contributed by atoms with Gasteiger partial charge in [-0.25, -0.2) is 0 Å². The van der Waals surface area contributed by atoms with E-state index in [1.807, 2.05) is 6.26 Å². The summed E-state index contributed by atoms with van der Waals surface area (Å²) in [6.45, 7) is 8.07. The Balaban J connectivity index is 1.51. The summed E-state index contributed by atoms with van der Waals surface area (Å²) in [5.74, 6) is 1.06. The lowest BCUT2D eigenvalue weighted by molar-refractivity contribution is -0.0718. The molecule has 2 atom stereocenters. The molecule has 0 aromatic carbocycles. The van der Waals surface area contributed by atoms with Crippen molar-refractivity contribution in [3.8, 4) is 0 Å². The largest absolute Gasteiger partial charge is 0.468 e. The Kier molecular flexibility index (Phi) is 3.91. The first-order valence-electron chi connectivity index (χ1n) is 7.36. The van der Waals surface area contributed by atoms with Crippen molar-refractivity contribution in [3.63, 3.8) is 0 Å². The smallest absolute Gasteiger partial charge is 0.118 e. The fourth-order valence-electron chi connectivity index (χ4n) is 2.79. The first kappa shape index (κ1) is 13.2. The van der Waals surface area contributed by atoms with Crippen LogP contribution in [0.15, 0.2) is 16.7 Å². The third-order valence-electron chi connectivity index (χ3n) is 3.75. The first-order valence-corrected chi connectivity index (χ1v) is 7.36. The Labute approximate surface area is 115 Å². The molecule has 0 bridgehead atoms. The van der Waals surface area contributed by atoms with Gasteiger partial charge >= 0.3 is 0 Å². The summed E-state index contributed by atoms with van der Waals surface area (Å²) >= 11 is 0. The fourth-order valence-corrected chi connectivity index (χ4v) is 2.79. The monoisotopic (exact) mass is 264 g/mol. The van der Waals surface area contributed by atoms with E-state index in [-0.39, 0.29) is 0 Å². The molecule has 1 saturated carbocycles. The van der Waals surface area contributed by atoms with E-state index in [1.165, 1.54) is 18.4 Å².